The molecule has 2 rings (SSSR count). The zero-order chi connectivity index (χ0) is 13.8. The molecular formula is C18H22Zr. The summed E-state index contributed by atoms with van der Waals surface area (Å²) in [5.41, 5.74) is 6.03. The summed E-state index contributed by atoms with van der Waals surface area (Å²) < 4.78 is 3.53. The molecule has 0 saturated carbocycles. The van der Waals surface area contributed by atoms with Crippen LogP contribution in [0.25, 0.3) is 0 Å². The van der Waals surface area contributed by atoms with Crippen molar-refractivity contribution >= 4 is 0 Å². The Morgan fingerprint density at radius 2 is 1.26 bits per heavy atom. The molecule has 0 nitrogen and oxygen atoms in total. The third kappa shape index (κ3) is 3.26. The molecule has 2 aliphatic rings. The van der Waals surface area contributed by atoms with Crippen LogP contribution in [0.2, 0.25) is 0 Å². The first-order chi connectivity index (χ1) is 9.17. The van der Waals surface area contributed by atoms with Gasteiger partial charge in [-0.1, -0.05) is 0 Å². The standard InChI is InChI=1S/2C9H11.Zr/c2*1-3-5-9-7-4-6-8(9)2;/h2*3,5,7H,4H2,1-2H3;. The molecule has 0 aromatic heterocycles. The van der Waals surface area contributed by atoms with Crippen molar-refractivity contribution in [3.63, 3.8) is 0 Å². The summed E-state index contributed by atoms with van der Waals surface area (Å²) in [7, 11) is 0. The van der Waals surface area contributed by atoms with E-state index in [1.807, 2.05) is 0 Å². The van der Waals surface area contributed by atoms with Crippen LogP contribution in [0.3, 0.4) is 0 Å². The Morgan fingerprint density at radius 3 is 1.63 bits per heavy atom. The summed E-state index contributed by atoms with van der Waals surface area (Å²) in [5, 5.41) is 0. The Hall–Kier alpha value is -0.677. The van der Waals surface area contributed by atoms with E-state index in [2.05, 4.69) is 64.2 Å². The summed E-state index contributed by atoms with van der Waals surface area (Å²) in [6.45, 7) is 8.81. The predicted octanol–water partition coefficient (Wildman–Crippen LogP) is 5.43. The van der Waals surface area contributed by atoms with E-state index in [4.69, 9.17) is 0 Å². The van der Waals surface area contributed by atoms with E-state index in [0.29, 0.717) is 0 Å². The Kier molecular flexibility index (Phi) is 5.16. The van der Waals surface area contributed by atoms with Gasteiger partial charge in [0.05, 0.1) is 0 Å². The number of rotatable bonds is 4. The van der Waals surface area contributed by atoms with Gasteiger partial charge in [0, 0.05) is 0 Å². The van der Waals surface area contributed by atoms with Gasteiger partial charge < -0.3 is 0 Å². The molecule has 0 saturated heterocycles. The maximum atomic E-state index is 2.40. The first kappa shape index (κ1) is 14.7. The molecule has 0 heterocycles. The van der Waals surface area contributed by atoms with Crippen molar-refractivity contribution in [3.05, 3.63) is 65.3 Å². The van der Waals surface area contributed by atoms with Crippen molar-refractivity contribution in [2.24, 2.45) is 0 Å². The van der Waals surface area contributed by atoms with Crippen LogP contribution in [0.1, 0.15) is 40.5 Å². The Balaban J connectivity index is 2.13. The Morgan fingerprint density at radius 1 is 0.842 bits per heavy atom. The van der Waals surface area contributed by atoms with Crippen molar-refractivity contribution < 1.29 is 23.2 Å². The van der Waals surface area contributed by atoms with E-state index >= 15 is 0 Å². The minimum atomic E-state index is -0.552. The van der Waals surface area contributed by atoms with Crippen LogP contribution < -0.4 is 0 Å². The quantitative estimate of drug-likeness (QED) is 0.645. The van der Waals surface area contributed by atoms with E-state index < -0.39 is 23.2 Å². The number of hydrogen-bond donors (Lipinski definition) is 0. The molecule has 0 aromatic carbocycles. The SMILES string of the molecule is CC=CC1=CC[C]([Zr][C]2=C(C)C(C=CC)=CC2)=C1C. The van der Waals surface area contributed by atoms with Crippen LogP contribution in [0.5, 0.6) is 0 Å². The van der Waals surface area contributed by atoms with Crippen LogP contribution in [0.15, 0.2) is 65.3 Å². The molecule has 0 N–H and O–H groups in total. The number of hydrogen-bond acceptors (Lipinski definition) is 0. The molecule has 98 valence electrons. The average Bonchev–Trinajstić information content (AvgIpc) is 2.90. The van der Waals surface area contributed by atoms with Crippen LogP contribution >= 0.6 is 0 Å². The van der Waals surface area contributed by atoms with Crippen LogP contribution in [-0.4, -0.2) is 0 Å². The third-order valence-corrected chi connectivity index (χ3v) is 8.15. The second kappa shape index (κ2) is 6.66. The third-order valence-electron chi connectivity index (χ3n) is 3.82. The van der Waals surface area contributed by atoms with E-state index in [1.54, 1.807) is 17.7 Å². The molecule has 0 radical (unpaired) electrons. The fourth-order valence-corrected chi connectivity index (χ4v) is 6.13. The van der Waals surface area contributed by atoms with Crippen molar-refractivity contribution in [1.82, 2.24) is 0 Å². The molecular weight excluding hydrogens is 307 g/mol. The first-order valence-electron chi connectivity index (χ1n) is 7.00. The fourth-order valence-electron chi connectivity index (χ4n) is 2.60. The number of allylic oxidation sites excluding steroid dienone is 12. The van der Waals surface area contributed by atoms with E-state index in [-0.39, 0.29) is 0 Å². The van der Waals surface area contributed by atoms with E-state index in [0.717, 1.165) is 0 Å². The van der Waals surface area contributed by atoms with Crippen LogP contribution in [0, 0.1) is 0 Å². The molecule has 19 heavy (non-hydrogen) atoms. The zero-order valence-electron chi connectivity index (χ0n) is 12.4. The van der Waals surface area contributed by atoms with Gasteiger partial charge in [-0.25, -0.2) is 0 Å². The van der Waals surface area contributed by atoms with Gasteiger partial charge in [0.25, 0.3) is 0 Å². The molecule has 1 heteroatoms. The molecule has 0 aliphatic heterocycles. The summed E-state index contributed by atoms with van der Waals surface area (Å²) in [5.74, 6) is 0. The molecule has 0 amide bonds. The van der Waals surface area contributed by atoms with E-state index in [1.165, 1.54) is 24.0 Å². The maximum absolute atomic E-state index is 2.40. The summed E-state index contributed by atoms with van der Waals surface area (Å²) in [6, 6.07) is 0. The van der Waals surface area contributed by atoms with Gasteiger partial charge in [0.15, 0.2) is 0 Å². The van der Waals surface area contributed by atoms with Crippen LogP contribution in [0.4, 0.5) is 0 Å². The molecule has 0 unspecified atom stereocenters. The monoisotopic (exact) mass is 328 g/mol. The summed E-state index contributed by atoms with van der Waals surface area (Å²) in [4.78, 5) is 0. The summed E-state index contributed by atoms with van der Waals surface area (Å²) >= 11 is -0.552. The summed E-state index contributed by atoms with van der Waals surface area (Å²) in [6.07, 6.45) is 16.0. The van der Waals surface area contributed by atoms with Crippen molar-refractivity contribution in [2.75, 3.05) is 0 Å². The second-order valence-electron chi connectivity index (χ2n) is 5.06. The molecule has 0 aromatic rings. The molecule has 2 aliphatic carbocycles. The van der Waals surface area contributed by atoms with Gasteiger partial charge in [0.1, 0.15) is 0 Å². The minimum absolute atomic E-state index is 0.552. The molecule has 0 spiro atoms. The average molecular weight is 330 g/mol. The van der Waals surface area contributed by atoms with Gasteiger partial charge in [-0.3, -0.25) is 0 Å². The van der Waals surface area contributed by atoms with Gasteiger partial charge >= 0.3 is 129 Å². The Bertz CT molecular complexity index is 498. The molecule has 0 fully saturated rings. The topological polar surface area (TPSA) is 0 Å². The van der Waals surface area contributed by atoms with Crippen molar-refractivity contribution in [1.29, 1.82) is 0 Å². The van der Waals surface area contributed by atoms with Gasteiger partial charge in [0.2, 0.25) is 0 Å². The van der Waals surface area contributed by atoms with Gasteiger partial charge in [-0.05, 0) is 0 Å². The van der Waals surface area contributed by atoms with Gasteiger partial charge in [-0.2, -0.15) is 0 Å². The van der Waals surface area contributed by atoms with Crippen molar-refractivity contribution in [2.45, 2.75) is 40.5 Å². The Labute approximate surface area is 128 Å². The second-order valence-corrected chi connectivity index (χ2v) is 8.64. The normalized spacial score (nSPS) is 20.0. The first-order valence-corrected chi connectivity index (χ1v) is 9.46. The predicted molar refractivity (Wildman–Crippen MR) is 80.4 cm³/mol. The molecule has 0 atom stereocenters. The molecule has 0 bridgehead atoms. The van der Waals surface area contributed by atoms with Crippen molar-refractivity contribution in [3.8, 4) is 0 Å². The van der Waals surface area contributed by atoms with E-state index in [9.17, 15) is 0 Å². The zero-order valence-corrected chi connectivity index (χ0v) is 14.8. The van der Waals surface area contributed by atoms with Gasteiger partial charge in [-0.15, -0.1) is 0 Å². The van der Waals surface area contributed by atoms with Crippen LogP contribution in [-0.2, 0) is 23.2 Å². The fraction of sp³-hybridized carbons (Fsp3) is 0.333.